The highest BCUT2D eigenvalue weighted by Gasteiger charge is 2.35. The molecule has 0 saturated carbocycles. The number of aliphatic imine (C=N–C) groups is 1. The van der Waals surface area contributed by atoms with Crippen LogP contribution in [0.1, 0.15) is 17.3 Å². The maximum absolute atomic E-state index is 12.9. The Hall–Kier alpha value is -2.57. The van der Waals surface area contributed by atoms with Crippen LogP contribution in [0.15, 0.2) is 59.4 Å². The molecule has 0 saturated heterocycles. The molecule has 1 amide bonds. The van der Waals surface area contributed by atoms with Gasteiger partial charge >= 0.3 is 12.2 Å². The van der Waals surface area contributed by atoms with Crippen LogP contribution in [-0.2, 0) is 4.74 Å². The number of rotatable bonds is 2. The first kappa shape index (κ1) is 15.8. The van der Waals surface area contributed by atoms with Crippen molar-refractivity contribution in [3.05, 3.63) is 59.9 Å². The largest absolute Gasteiger partial charge is 0.465 e. The third-order valence-corrected chi connectivity index (χ3v) is 2.75. The van der Waals surface area contributed by atoms with E-state index in [2.05, 4.69) is 4.99 Å². The van der Waals surface area contributed by atoms with Crippen LogP contribution in [-0.4, -0.2) is 29.6 Å². The highest BCUT2D eigenvalue weighted by atomic mass is 19.4. The molecule has 2 rings (SSSR count). The molecule has 7 heteroatoms. The molecule has 0 spiro atoms. The van der Waals surface area contributed by atoms with Gasteiger partial charge in [0.05, 0.1) is 12.2 Å². The summed E-state index contributed by atoms with van der Waals surface area (Å²) < 4.78 is 43.9. The van der Waals surface area contributed by atoms with E-state index in [1.807, 2.05) is 0 Å². The minimum absolute atomic E-state index is 0.167. The summed E-state index contributed by atoms with van der Waals surface area (Å²) in [6.07, 6.45) is -2.16. The molecule has 0 N–H and O–H groups in total. The Morgan fingerprint density at radius 2 is 1.95 bits per heavy atom. The van der Waals surface area contributed by atoms with E-state index in [4.69, 9.17) is 4.74 Å². The molecule has 0 atom stereocenters. The number of ether oxygens (including phenoxy) is 1. The summed E-state index contributed by atoms with van der Waals surface area (Å²) in [5, 5.41) is 0. The highest BCUT2D eigenvalue weighted by Crippen LogP contribution is 2.28. The fourth-order valence-electron chi connectivity index (χ4n) is 1.75. The van der Waals surface area contributed by atoms with Crippen LogP contribution in [0.2, 0.25) is 0 Å². The molecule has 116 valence electrons. The molecule has 0 aliphatic carbocycles. The third kappa shape index (κ3) is 3.55. The monoisotopic (exact) mass is 310 g/mol. The summed E-state index contributed by atoms with van der Waals surface area (Å²) in [5.74, 6) is -0.654. The van der Waals surface area contributed by atoms with Gasteiger partial charge in [-0.1, -0.05) is 18.2 Å². The zero-order valence-corrected chi connectivity index (χ0v) is 11.7. The van der Waals surface area contributed by atoms with Gasteiger partial charge in [-0.3, -0.25) is 4.79 Å². The predicted octanol–water partition coefficient (Wildman–Crippen LogP) is 3.49. The summed E-state index contributed by atoms with van der Waals surface area (Å²) in [5.41, 5.74) is -0.759. The van der Waals surface area contributed by atoms with Crippen molar-refractivity contribution >= 4 is 11.9 Å². The van der Waals surface area contributed by atoms with Gasteiger partial charge in [-0.25, -0.2) is 9.89 Å². The molecule has 0 unspecified atom stereocenters. The van der Waals surface area contributed by atoms with Gasteiger partial charge in [-0.15, -0.1) is 0 Å². The van der Waals surface area contributed by atoms with Crippen molar-refractivity contribution in [3.63, 3.8) is 0 Å². The lowest BCUT2D eigenvalue weighted by molar-refractivity contribution is -0.0888. The zero-order valence-electron chi connectivity index (χ0n) is 11.7. The normalized spacial score (nSPS) is 15.0. The number of amides is 1. The van der Waals surface area contributed by atoms with Crippen LogP contribution in [0.5, 0.6) is 0 Å². The van der Waals surface area contributed by atoms with E-state index in [0.717, 1.165) is 17.2 Å². The van der Waals surface area contributed by atoms with Crippen molar-refractivity contribution in [3.8, 4) is 0 Å². The predicted molar refractivity (Wildman–Crippen MR) is 75.0 cm³/mol. The van der Waals surface area contributed by atoms with Gasteiger partial charge in [0.1, 0.15) is 0 Å². The topological polar surface area (TPSA) is 41.9 Å². The number of halogens is 3. The molecule has 1 aromatic carbocycles. The van der Waals surface area contributed by atoms with Crippen LogP contribution in [0.25, 0.3) is 0 Å². The van der Waals surface area contributed by atoms with Gasteiger partial charge < -0.3 is 4.74 Å². The van der Waals surface area contributed by atoms with E-state index in [1.54, 1.807) is 25.1 Å². The van der Waals surface area contributed by atoms with Crippen LogP contribution in [0, 0.1) is 0 Å². The molecule has 22 heavy (non-hydrogen) atoms. The second kappa shape index (κ2) is 6.46. The minimum Gasteiger partial charge on any atom is -0.465 e. The summed E-state index contributed by atoms with van der Waals surface area (Å²) in [6.45, 7) is 1.82. The number of amidine groups is 1. The van der Waals surface area contributed by atoms with E-state index in [0.29, 0.717) is 6.20 Å². The third-order valence-electron chi connectivity index (χ3n) is 2.75. The maximum Gasteiger partial charge on any atom is 0.417 e. The molecule has 1 heterocycles. The van der Waals surface area contributed by atoms with Crippen molar-refractivity contribution in [1.82, 2.24) is 4.90 Å². The van der Waals surface area contributed by atoms with Gasteiger partial charge in [-0.05, 0) is 25.1 Å². The van der Waals surface area contributed by atoms with Crippen molar-refractivity contribution in [2.45, 2.75) is 13.1 Å². The van der Waals surface area contributed by atoms with Gasteiger partial charge in [0.15, 0.2) is 0 Å². The number of carbonyl (C=O) groups is 1. The fraction of sp³-hybridized carbons (Fsp3) is 0.200. The van der Waals surface area contributed by atoms with Gasteiger partial charge in [-0.2, -0.15) is 13.2 Å². The Morgan fingerprint density at radius 3 is 2.55 bits per heavy atom. The maximum atomic E-state index is 12.9. The van der Waals surface area contributed by atoms with E-state index in [-0.39, 0.29) is 18.2 Å². The lowest BCUT2D eigenvalue weighted by Gasteiger charge is -2.20. The van der Waals surface area contributed by atoms with Crippen molar-refractivity contribution in [2.75, 3.05) is 6.61 Å². The fourth-order valence-corrected chi connectivity index (χ4v) is 1.75. The first-order valence-corrected chi connectivity index (χ1v) is 6.48. The number of nitrogens with zero attached hydrogens (tertiary/aromatic N) is 2. The Balaban J connectivity index is 2.43. The van der Waals surface area contributed by atoms with Crippen molar-refractivity contribution in [2.24, 2.45) is 4.99 Å². The van der Waals surface area contributed by atoms with E-state index in [9.17, 15) is 18.0 Å². The highest BCUT2D eigenvalue weighted by molar-refractivity contribution is 6.05. The van der Waals surface area contributed by atoms with Crippen LogP contribution in [0.3, 0.4) is 0 Å². The standard InChI is InChI=1S/C15H13F3N2O2/c1-2-22-14-19-9-8-12(15(16,17)18)10-20(14)13(21)11-6-4-3-5-7-11/h3-10H,2H2,1H3. The van der Waals surface area contributed by atoms with E-state index >= 15 is 0 Å². The second-order valence-corrected chi connectivity index (χ2v) is 4.28. The molecule has 1 aromatic rings. The molecule has 4 nitrogen and oxygen atoms in total. The first-order valence-electron chi connectivity index (χ1n) is 6.48. The molecule has 0 fully saturated rings. The number of allylic oxidation sites excluding steroid dienone is 2. The van der Waals surface area contributed by atoms with Gasteiger partial charge in [0.2, 0.25) is 0 Å². The SMILES string of the molecule is CCOC1=NC=CC(C(F)(F)F)=CN1C(=O)c1ccccc1. The average Bonchev–Trinajstić information content (AvgIpc) is 2.70. The summed E-state index contributed by atoms with van der Waals surface area (Å²) in [4.78, 5) is 17.0. The van der Waals surface area contributed by atoms with Crippen LogP contribution < -0.4 is 0 Å². The minimum atomic E-state index is -4.59. The number of benzene rings is 1. The average molecular weight is 310 g/mol. The Bertz CT molecular complexity index is 634. The Labute approximate surface area is 125 Å². The van der Waals surface area contributed by atoms with E-state index < -0.39 is 17.7 Å². The van der Waals surface area contributed by atoms with Crippen molar-refractivity contribution in [1.29, 1.82) is 0 Å². The Morgan fingerprint density at radius 1 is 1.27 bits per heavy atom. The molecular formula is C15H13F3N2O2. The number of carbonyl (C=O) groups excluding carboxylic acids is 1. The summed E-state index contributed by atoms with van der Waals surface area (Å²) in [7, 11) is 0. The molecule has 1 aliphatic rings. The van der Waals surface area contributed by atoms with Crippen LogP contribution >= 0.6 is 0 Å². The van der Waals surface area contributed by atoms with Gasteiger partial charge in [0, 0.05) is 18.0 Å². The Kier molecular flexibility index (Phi) is 4.65. The van der Waals surface area contributed by atoms with Gasteiger partial charge in [0.25, 0.3) is 5.91 Å². The lowest BCUT2D eigenvalue weighted by Crippen LogP contribution is -2.34. The van der Waals surface area contributed by atoms with Crippen LogP contribution in [0.4, 0.5) is 13.2 Å². The molecular weight excluding hydrogens is 297 g/mol. The zero-order chi connectivity index (χ0) is 16.2. The summed E-state index contributed by atoms with van der Waals surface area (Å²) >= 11 is 0. The summed E-state index contributed by atoms with van der Waals surface area (Å²) in [6, 6.07) is 7.75. The quantitative estimate of drug-likeness (QED) is 0.839. The number of alkyl halides is 3. The molecule has 0 aromatic heterocycles. The molecule has 0 radical (unpaired) electrons. The smallest absolute Gasteiger partial charge is 0.417 e. The number of hydrogen-bond acceptors (Lipinski definition) is 3. The van der Waals surface area contributed by atoms with E-state index in [1.165, 1.54) is 12.1 Å². The molecule has 0 bridgehead atoms. The number of hydrogen-bond donors (Lipinski definition) is 0. The first-order chi connectivity index (χ1) is 10.4. The van der Waals surface area contributed by atoms with Crippen molar-refractivity contribution < 1.29 is 22.7 Å². The lowest BCUT2D eigenvalue weighted by atomic mass is 10.2. The molecule has 1 aliphatic heterocycles. The second-order valence-electron chi connectivity index (χ2n) is 4.28.